The fraction of sp³-hybridized carbons (Fsp3) is 0.458. The molecule has 0 aromatic heterocycles. The number of hydrogen-bond acceptors (Lipinski definition) is 5. The van der Waals surface area contributed by atoms with Crippen LogP contribution in [-0.2, 0) is 4.79 Å². The molecule has 0 saturated carbocycles. The minimum Gasteiger partial charge on any atom is -0.508 e. The minimum atomic E-state index is -0.274. The second-order valence-electron chi connectivity index (χ2n) is 8.34. The Morgan fingerprint density at radius 1 is 1.00 bits per heavy atom. The maximum atomic E-state index is 12.9. The van der Waals surface area contributed by atoms with Crippen LogP contribution in [0.4, 0.5) is 0 Å². The second kappa shape index (κ2) is 10.1. The Kier molecular flexibility index (Phi) is 7.00. The second-order valence-corrected chi connectivity index (χ2v) is 8.34. The van der Waals surface area contributed by atoms with Gasteiger partial charge in [0.15, 0.2) is 0 Å². The van der Waals surface area contributed by atoms with E-state index in [2.05, 4.69) is 45.3 Å². The molecule has 4 N–H and O–H groups in total. The molecule has 2 heterocycles. The molecule has 3 unspecified atom stereocenters. The van der Waals surface area contributed by atoms with Gasteiger partial charge >= 0.3 is 0 Å². The van der Waals surface area contributed by atoms with Crippen molar-refractivity contribution >= 4 is 5.91 Å². The predicted molar refractivity (Wildman–Crippen MR) is 118 cm³/mol. The lowest BCUT2D eigenvalue weighted by Gasteiger charge is -2.31. The molecule has 3 atom stereocenters. The molecule has 1 amide bonds. The Labute approximate surface area is 178 Å². The smallest absolute Gasteiger partial charge is 0.238 e. The van der Waals surface area contributed by atoms with Crippen molar-refractivity contribution in [2.45, 2.75) is 50.2 Å². The molecule has 2 aliphatic rings. The highest BCUT2D eigenvalue weighted by molar-refractivity contribution is 5.82. The molecule has 0 aliphatic carbocycles. The van der Waals surface area contributed by atoms with Crippen molar-refractivity contribution in [3.05, 3.63) is 65.7 Å². The van der Waals surface area contributed by atoms with Crippen LogP contribution in [0.5, 0.6) is 5.75 Å². The zero-order valence-corrected chi connectivity index (χ0v) is 17.4. The monoisotopic (exact) mass is 408 g/mol. The van der Waals surface area contributed by atoms with Crippen molar-refractivity contribution in [2.24, 2.45) is 0 Å². The van der Waals surface area contributed by atoms with Crippen LogP contribution in [0.2, 0.25) is 0 Å². The number of likely N-dealkylation sites (tertiary alicyclic amines) is 1. The average Bonchev–Trinajstić information content (AvgIpc) is 3.12. The number of aromatic hydroxyl groups is 1. The van der Waals surface area contributed by atoms with Crippen molar-refractivity contribution in [3.63, 3.8) is 0 Å². The molecule has 2 aromatic carbocycles. The first-order valence-corrected chi connectivity index (χ1v) is 11.1. The van der Waals surface area contributed by atoms with Crippen LogP contribution >= 0.6 is 0 Å². The van der Waals surface area contributed by atoms with E-state index in [0.29, 0.717) is 13.0 Å². The molecule has 0 spiro atoms. The van der Waals surface area contributed by atoms with E-state index in [-0.39, 0.29) is 29.8 Å². The zero-order chi connectivity index (χ0) is 20.8. The number of carbonyl (C=O) groups excluding carboxylic acids is 1. The van der Waals surface area contributed by atoms with Crippen LogP contribution in [-0.4, -0.2) is 41.6 Å². The number of benzene rings is 2. The summed E-state index contributed by atoms with van der Waals surface area (Å²) in [6.45, 7) is 2.79. The van der Waals surface area contributed by atoms with E-state index in [1.165, 1.54) is 31.2 Å². The standard InChI is InChI=1S/C24H32N4O2/c29-20-12-10-18(11-13-20)21-16-22(27-26-21)24(30)25-17-23(19-8-4-3-5-9-19)28-14-6-1-2-7-15-28/h3-5,8-13,21-23,26-27,29H,1-2,6-7,14-17H2,(H,25,30). The van der Waals surface area contributed by atoms with E-state index < -0.39 is 0 Å². The zero-order valence-electron chi connectivity index (χ0n) is 17.4. The van der Waals surface area contributed by atoms with E-state index in [0.717, 1.165) is 18.7 Å². The number of carbonyl (C=O) groups is 1. The van der Waals surface area contributed by atoms with Gasteiger partial charge in [0.25, 0.3) is 0 Å². The third kappa shape index (κ3) is 5.19. The molecule has 2 fully saturated rings. The van der Waals surface area contributed by atoms with Gasteiger partial charge in [-0.05, 0) is 55.6 Å². The molecule has 2 saturated heterocycles. The Hall–Kier alpha value is -2.41. The summed E-state index contributed by atoms with van der Waals surface area (Å²) in [6, 6.07) is 17.6. The third-order valence-corrected chi connectivity index (χ3v) is 6.25. The van der Waals surface area contributed by atoms with Crippen LogP contribution in [0.1, 0.15) is 55.3 Å². The molecule has 6 heteroatoms. The van der Waals surface area contributed by atoms with Crippen LogP contribution in [0, 0.1) is 0 Å². The van der Waals surface area contributed by atoms with E-state index in [9.17, 15) is 9.90 Å². The SMILES string of the molecule is O=C(NCC(c1ccccc1)N1CCCCCC1)C1CC(c2ccc(O)cc2)NN1. The molecule has 160 valence electrons. The van der Waals surface area contributed by atoms with E-state index >= 15 is 0 Å². The largest absolute Gasteiger partial charge is 0.508 e. The Morgan fingerprint density at radius 2 is 1.70 bits per heavy atom. The van der Waals surface area contributed by atoms with E-state index in [1.54, 1.807) is 12.1 Å². The molecule has 0 radical (unpaired) electrons. The van der Waals surface area contributed by atoms with Gasteiger partial charge in [-0.3, -0.25) is 9.69 Å². The third-order valence-electron chi connectivity index (χ3n) is 6.25. The molecule has 0 bridgehead atoms. The van der Waals surface area contributed by atoms with Gasteiger partial charge < -0.3 is 10.4 Å². The average molecular weight is 409 g/mol. The van der Waals surface area contributed by atoms with Gasteiger partial charge in [-0.25, -0.2) is 10.9 Å². The van der Waals surface area contributed by atoms with Gasteiger partial charge in [-0.1, -0.05) is 55.3 Å². The first-order chi connectivity index (χ1) is 14.7. The number of phenols is 1. The Morgan fingerprint density at radius 3 is 2.40 bits per heavy atom. The van der Waals surface area contributed by atoms with Crippen LogP contribution in [0.25, 0.3) is 0 Å². The number of phenolic OH excluding ortho intramolecular Hbond substituents is 1. The lowest BCUT2D eigenvalue weighted by Crippen LogP contribution is -2.46. The predicted octanol–water partition coefficient (Wildman–Crippen LogP) is 3.03. The number of rotatable bonds is 6. The van der Waals surface area contributed by atoms with Crippen LogP contribution in [0.3, 0.4) is 0 Å². The highest BCUT2D eigenvalue weighted by Gasteiger charge is 2.31. The lowest BCUT2D eigenvalue weighted by atomic mass is 10.0. The van der Waals surface area contributed by atoms with Crippen molar-refractivity contribution in [1.82, 2.24) is 21.1 Å². The van der Waals surface area contributed by atoms with Crippen LogP contribution in [0.15, 0.2) is 54.6 Å². The number of nitrogens with zero attached hydrogens (tertiary/aromatic N) is 1. The minimum absolute atomic E-state index is 0.0273. The molecule has 4 rings (SSSR count). The van der Waals surface area contributed by atoms with Gasteiger partial charge in [0.1, 0.15) is 11.8 Å². The normalized spacial score (nSPS) is 23.6. The molecule has 2 aromatic rings. The lowest BCUT2D eigenvalue weighted by molar-refractivity contribution is -0.123. The summed E-state index contributed by atoms with van der Waals surface area (Å²) in [5.74, 6) is 0.277. The number of hydrogen-bond donors (Lipinski definition) is 4. The van der Waals surface area contributed by atoms with Gasteiger partial charge in [-0.2, -0.15) is 0 Å². The highest BCUT2D eigenvalue weighted by atomic mass is 16.3. The molecular weight excluding hydrogens is 376 g/mol. The quantitative estimate of drug-likeness (QED) is 0.591. The van der Waals surface area contributed by atoms with Gasteiger partial charge in [-0.15, -0.1) is 0 Å². The molecule has 2 aliphatic heterocycles. The summed E-state index contributed by atoms with van der Waals surface area (Å²) >= 11 is 0. The number of hydrazine groups is 1. The summed E-state index contributed by atoms with van der Waals surface area (Å²) in [4.78, 5) is 15.4. The molecule has 30 heavy (non-hydrogen) atoms. The molecule has 6 nitrogen and oxygen atoms in total. The number of nitrogens with one attached hydrogen (secondary N) is 3. The topological polar surface area (TPSA) is 76.6 Å². The summed E-state index contributed by atoms with van der Waals surface area (Å²) in [5, 5.41) is 12.7. The summed E-state index contributed by atoms with van der Waals surface area (Å²) in [7, 11) is 0. The van der Waals surface area contributed by atoms with Crippen LogP contribution < -0.4 is 16.2 Å². The van der Waals surface area contributed by atoms with Gasteiger partial charge in [0.05, 0.1) is 6.04 Å². The number of amides is 1. The van der Waals surface area contributed by atoms with E-state index in [4.69, 9.17) is 0 Å². The maximum Gasteiger partial charge on any atom is 0.238 e. The maximum absolute atomic E-state index is 12.9. The summed E-state index contributed by atoms with van der Waals surface area (Å²) in [6.07, 6.45) is 5.71. The first-order valence-electron chi connectivity index (χ1n) is 11.1. The summed E-state index contributed by atoms with van der Waals surface area (Å²) < 4.78 is 0. The van der Waals surface area contributed by atoms with Crippen molar-refractivity contribution in [2.75, 3.05) is 19.6 Å². The molecular formula is C24H32N4O2. The van der Waals surface area contributed by atoms with Gasteiger partial charge in [0.2, 0.25) is 5.91 Å². The fourth-order valence-corrected chi connectivity index (χ4v) is 4.51. The fourth-order valence-electron chi connectivity index (χ4n) is 4.51. The van der Waals surface area contributed by atoms with Crippen molar-refractivity contribution < 1.29 is 9.90 Å². The van der Waals surface area contributed by atoms with Gasteiger partial charge in [0, 0.05) is 12.6 Å². The Bertz CT molecular complexity index is 804. The van der Waals surface area contributed by atoms with E-state index in [1.807, 2.05) is 18.2 Å². The Balaban J connectivity index is 1.37. The van der Waals surface area contributed by atoms with Crippen molar-refractivity contribution in [3.8, 4) is 5.75 Å². The van der Waals surface area contributed by atoms with Crippen molar-refractivity contribution in [1.29, 1.82) is 0 Å². The highest BCUT2D eigenvalue weighted by Crippen LogP contribution is 2.26. The first kappa shape index (κ1) is 20.8. The summed E-state index contributed by atoms with van der Waals surface area (Å²) in [5.41, 5.74) is 8.67.